The van der Waals surface area contributed by atoms with Crippen molar-refractivity contribution in [2.45, 2.75) is 38.0 Å². The van der Waals surface area contributed by atoms with Crippen LogP contribution in [0, 0.1) is 0 Å². The largest absolute Gasteiger partial charge is 0.480 e. The second-order valence-corrected chi connectivity index (χ2v) is 7.46. The first-order valence-corrected chi connectivity index (χ1v) is 10.0. The van der Waals surface area contributed by atoms with Crippen LogP contribution in [0.2, 0.25) is 0 Å². The fourth-order valence-electron chi connectivity index (χ4n) is 3.66. The van der Waals surface area contributed by atoms with Crippen molar-refractivity contribution in [2.24, 2.45) is 0 Å². The summed E-state index contributed by atoms with van der Waals surface area (Å²) >= 11 is 0. The van der Waals surface area contributed by atoms with Crippen LogP contribution in [0.25, 0.3) is 11.1 Å². The van der Waals surface area contributed by atoms with Gasteiger partial charge >= 0.3 is 12.1 Å². The third kappa shape index (κ3) is 4.86. The fourth-order valence-corrected chi connectivity index (χ4v) is 3.66. The Morgan fingerprint density at radius 1 is 0.968 bits per heavy atom. The van der Waals surface area contributed by atoms with E-state index in [2.05, 4.69) is 10.6 Å². The zero-order valence-electron chi connectivity index (χ0n) is 17.6. The molecular formula is C23H26N2O6. The van der Waals surface area contributed by atoms with Crippen LogP contribution in [0.1, 0.15) is 30.9 Å². The van der Waals surface area contributed by atoms with Crippen LogP contribution < -0.4 is 10.6 Å². The lowest BCUT2D eigenvalue weighted by Gasteiger charge is -2.24. The van der Waals surface area contributed by atoms with E-state index in [1.165, 1.54) is 14.0 Å². The summed E-state index contributed by atoms with van der Waals surface area (Å²) in [6.07, 6.45) is -1.48. The Bertz CT molecular complexity index is 931. The number of fused-ring (bicyclic) bond motifs is 3. The number of alkyl carbamates (subject to hydrolysis) is 1. The maximum absolute atomic E-state index is 12.5. The van der Waals surface area contributed by atoms with E-state index in [4.69, 9.17) is 14.6 Å². The van der Waals surface area contributed by atoms with Crippen molar-refractivity contribution in [1.82, 2.24) is 10.6 Å². The van der Waals surface area contributed by atoms with Gasteiger partial charge in [0, 0.05) is 13.0 Å². The molecule has 0 saturated carbocycles. The van der Waals surface area contributed by atoms with Gasteiger partial charge in [-0.15, -0.1) is 0 Å². The fraction of sp³-hybridized carbons (Fsp3) is 0.348. The lowest BCUT2D eigenvalue weighted by molar-refractivity contribution is -0.142. The summed E-state index contributed by atoms with van der Waals surface area (Å²) < 4.78 is 10.6. The van der Waals surface area contributed by atoms with Crippen LogP contribution in [0.3, 0.4) is 0 Å². The summed E-state index contributed by atoms with van der Waals surface area (Å²) in [5.74, 6) is -1.96. The van der Waals surface area contributed by atoms with E-state index >= 15 is 0 Å². The molecule has 1 aliphatic rings. The van der Waals surface area contributed by atoms with Crippen LogP contribution in [-0.2, 0) is 19.1 Å². The number of hydrogen-bond acceptors (Lipinski definition) is 5. The topological polar surface area (TPSA) is 114 Å². The Kier molecular flexibility index (Phi) is 6.91. The number of nitrogens with one attached hydrogen (secondary N) is 2. The number of carboxylic acid groups (broad SMARTS) is 1. The minimum absolute atomic E-state index is 0.0983. The predicted octanol–water partition coefficient (Wildman–Crippen LogP) is 2.52. The van der Waals surface area contributed by atoms with E-state index in [0.717, 1.165) is 22.3 Å². The molecule has 164 valence electrons. The van der Waals surface area contributed by atoms with Gasteiger partial charge in [-0.2, -0.15) is 0 Å². The molecule has 2 aromatic carbocycles. The van der Waals surface area contributed by atoms with Crippen molar-refractivity contribution in [2.75, 3.05) is 13.7 Å². The van der Waals surface area contributed by atoms with Crippen LogP contribution in [0.15, 0.2) is 48.5 Å². The highest BCUT2D eigenvalue weighted by Crippen LogP contribution is 2.44. The summed E-state index contributed by atoms with van der Waals surface area (Å²) in [5, 5.41) is 13.8. The summed E-state index contributed by atoms with van der Waals surface area (Å²) in [5.41, 5.74) is 4.37. The molecule has 0 spiro atoms. The molecule has 0 radical (unpaired) electrons. The van der Waals surface area contributed by atoms with E-state index in [0.29, 0.717) is 0 Å². The van der Waals surface area contributed by atoms with E-state index in [-0.39, 0.29) is 12.5 Å². The summed E-state index contributed by atoms with van der Waals surface area (Å²) in [7, 11) is 1.39. The Morgan fingerprint density at radius 2 is 1.52 bits per heavy atom. The highest BCUT2D eigenvalue weighted by molar-refractivity contribution is 5.89. The van der Waals surface area contributed by atoms with Gasteiger partial charge in [0.05, 0.1) is 6.10 Å². The van der Waals surface area contributed by atoms with E-state index < -0.39 is 36.2 Å². The number of carboxylic acids is 1. The first-order chi connectivity index (χ1) is 14.8. The molecular weight excluding hydrogens is 400 g/mol. The summed E-state index contributed by atoms with van der Waals surface area (Å²) in [6.45, 7) is 3.03. The standard InChI is InChI=1S/C23H26N2O6/c1-13(22(27)28)24-21(26)20(14(2)30-3)25-23(29)31-12-19-17-10-6-4-8-15(17)16-9-5-7-11-18(16)19/h4-11,13-14,19-20H,12H2,1-3H3,(H,24,26)(H,25,29)(H,27,28)/t13-,14?,20?/m1/s1. The van der Waals surface area contributed by atoms with Gasteiger partial charge in [-0.3, -0.25) is 9.59 Å². The Labute approximate surface area is 180 Å². The molecule has 8 heteroatoms. The number of rotatable bonds is 8. The van der Waals surface area contributed by atoms with Gasteiger partial charge in [0.15, 0.2) is 0 Å². The molecule has 0 aliphatic heterocycles. The molecule has 2 amide bonds. The van der Waals surface area contributed by atoms with E-state index in [1.807, 2.05) is 48.5 Å². The number of carbonyl (C=O) groups is 3. The number of carbonyl (C=O) groups excluding carboxylic acids is 2. The van der Waals surface area contributed by atoms with E-state index in [9.17, 15) is 14.4 Å². The first-order valence-electron chi connectivity index (χ1n) is 10.0. The SMILES string of the molecule is COC(C)C(NC(=O)OCC1c2ccccc2-c2ccccc21)C(=O)N[C@H](C)C(=O)O. The maximum Gasteiger partial charge on any atom is 0.407 e. The molecule has 1 aliphatic carbocycles. The molecule has 0 heterocycles. The van der Waals surface area contributed by atoms with Gasteiger partial charge in [0.25, 0.3) is 0 Å². The van der Waals surface area contributed by atoms with Gasteiger partial charge in [0.1, 0.15) is 18.7 Å². The second-order valence-electron chi connectivity index (χ2n) is 7.46. The number of amides is 2. The Hall–Kier alpha value is -3.39. The van der Waals surface area contributed by atoms with Crippen molar-refractivity contribution < 1.29 is 29.0 Å². The molecule has 0 fully saturated rings. The highest BCUT2D eigenvalue weighted by atomic mass is 16.5. The lowest BCUT2D eigenvalue weighted by Crippen LogP contribution is -2.55. The molecule has 31 heavy (non-hydrogen) atoms. The van der Waals surface area contributed by atoms with Crippen LogP contribution >= 0.6 is 0 Å². The Balaban J connectivity index is 1.68. The lowest BCUT2D eigenvalue weighted by atomic mass is 9.98. The van der Waals surface area contributed by atoms with Gasteiger partial charge in [-0.25, -0.2) is 4.79 Å². The zero-order chi connectivity index (χ0) is 22.5. The van der Waals surface area contributed by atoms with Gasteiger partial charge in [-0.1, -0.05) is 48.5 Å². The third-order valence-corrected chi connectivity index (χ3v) is 5.47. The van der Waals surface area contributed by atoms with Crippen molar-refractivity contribution in [3.05, 3.63) is 59.7 Å². The molecule has 2 aromatic rings. The molecule has 2 unspecified atom stereocenters. The van der Waals surface area contributed by atoms with E-state index in [1.54, 1.807) is 6.92 Å². The van der Waals surface area contributed by atoms with Gasteiger partial charge in [0.2, 0.25) is 5.91 Å². The minimum Gasteiger partial charge on any atom is -0.480 e. The second kappa shape index (κ2) is 9.61. The van der Waals surface area contributed by atoms with Crippen molar-refractivity contribution in [3.63, 3.8) is 0 Å². The van der Waals surface area contributed by atoms with Crippen LogP contribution in [-0.4, -0.2) is 55.0 Å². The number of benzene rings is 2. The molecule has 0 saturated heterocycles. The average molecular weight is 426 g/mol. The highest BCUT2D eigenvalue weighted by Gasteiger charge is 2.32. The molecule has 0 aromatic heterocycles. The van der Waals surface area contributed by atoms with Crippen molar-refractivity contribution in [1.29, 1.82) is 0 Å². The summed E-state index contributed by atoms with van der Waals surface area (Å²) in [4.78, 5) is 36.0. The number of ether oxygens (including phenoxy) is 2. The number of hydrogen-bond donors (Lipinski definition) is 3. The van der Waals surface area contributed by atoms with Gasteiger partial charge in [-0.05, 0) is 36.1 Å². The zero-order valence-corrected chi connectivity index (χ0v) is 17.6. The first kappa shape index (κ1) is 22.3. The number of aliphatic carboxylic acids is 1. The van der Waals surface area contributed by atoms with Crippen LogP contribution in [0.5, 0.6) is 0 Å². The normalized spacial score (nSPS) is 15.2. The molecule has 3 rings (SSSR count). The predicted molar refractivity (Wildman–Crippen MR) is 114 cm³/mol. The molecule has 0 bridgehead atoms. The third-order valence-electron chi connectivity index (χ3n) is 5.47. The van der Waals surface area contributed by atoms with Gasteiger partial charge < -0.3 is 25.2 Å². The van der Waals surface area contributed by atoms with Crippen molar-refractivity contribution in [3.8, 4) is 11.1 Å². The summed E-state index contributed by atoms with van der Waals surface area (Å²) in [6, 6.07) is 13.7. The van der Waals surface area contributed by atoms with Crippen LogP contribution in [0.4, 0.5) is 4.79 Å². The smallest absolute Gasteiger partial charge is 0.407 e. The quantitative estimate of drug-likeness (QED) is 0.598. The molecule has 3 atom stereocenters. The maximum atomic E-state index is 12.5. The molecule has 3 N–H and O–H groups in total. The average Bonchev–Trinajstić information content (AvgIpc) is 3.09. The molecule has 8 nitrogen and oxygen atoms in total. The Morgan fingerprint density at radius 3 is 2.03 bits per heavy atom. The number of methoxy groups -OCH3 is 1. The van der Waals surface area contributed by atoms with Crippen molar-refractivity contribution >= 4 is 18.0 Å². The monoisotopic (exact) mass is 426 g/mol. The minimum atomic E-state index is -1.18.